The summed E-state index contributed by atoms with van der Waals surface area (Å²) in [6.45, 7) is 3.90. The number of benzene rings is 2. The summed E-state index contributed by atoms with van der Waals surface area (Å²) >= 11 is 0. The van der Waals surface area contributed by atoms with Crippen molar-refractivity contribution in [1.29, 1.82) is 0 Å². The van der Waals surface area contributed by atoms with Gasteiger partial charge < -0.3 is 15.6 Å². The maximum atomic E-state index is 10.6. The Kier molecular flexibility index (Phi) is 9.42. The van der Waals surface area contributed by atoms with Gasteiger partial charge in [0.2, 0.25) is 0 Å². The highest BCUT2D eigenvalue weighted by molar-refractivity contribution is 5.68. The minimum absolute atomic E-state index is 0.311. The van der Waals surface area contributed by atoms with Crippen LogP contribution in [0.1, 0.15) is 43.9 Å². The van der Waals surface area contributed by atoms with Gasteiger partial charge in [0.25, 0.3) is 0 Å². The number of ether oxygens (including phenoxy) is 1. The third kappa shape index (κ3) is 7.40. The molecule has 2 aromatic rings. The number of carbonyl (C=O) groups is 1. The normalized spacial score (nSPS) is 10.4. The van der Waals surface area contributed by atoms with Crippen LogP contribution in [0, 0.1) is 0 Å². The molecule has 0 bridgehead atoms. The van der Waals surface area contributed by atoms with Crippen LogP contribution in [-0.4, -0.2) is 23.7 Å². The van der Waals surface area contributed by atoms with E-state index < -0.39 is 5.97 Å². The Hall–Kier alpha value is -2.17. The number of nitrogens with two attached hydrogens (primary N) is 1. The zero-order chi connectivity index (χ0) is 17.8. The van der Waals surface area contributed by atoms with Gasteiger partial charge in [0.05, 0.1) is 0 Å². The van der Waals surface area contributed by atoms with E-state index in [1.807, 2.05) is 60.7 Å². The van der Waals surface area contributed by atoms with Gasteiger partial charge in [0.1, 0.15) is 12.7 Å². The van der Waals surface area contributed by atoms with E-state index in [1.165, 1.54) is 0 Å². The van der Waals surface area contributed by atoms with E-state index in [0.717, 1.165) is 24.0 Å². The summed E-state index contributed by atoms with van der Waals surface area (Å²) in [5, 5.41) is 8.73. The first-order valence-electron chi connectivity index (χ1n) is 8.27. The number of carboxylic acid groups (broad SMARTS) is 1. The molecule has 0 aliphatic rings. The molecule has 0 aromatic heterocycles. The molecule has 0 amide bonds. The van der Waals surface area contributed by atoms with E-state index >= 15 is 0 Å². The molecule has 0 heterocycles. The first-order valence-corrected chi connectivity index (χ1v) is 8.27. The summed E-state index contributed by atoms with van der Waals surface area (Å²) in [5.41, 5.74) is 7.37. The maximum Gasteiger partial charge on any atom is 0.329 e. The van der Waals surface area contributed by atoms with Gasteiger partial charge in [-0.1, -0.05) is 74.5 Å². The van der Waals surface area contributed by atoms with E-state index in [2.05, 4.69) is 13.8 Å². The summed E-state index contributed by atoms with van der Waals surface area (Å²) in [7, 11) is 0. The average Bonchev–Trinajstić information content (AvgIpc) is 2.63. The smallest absolute Gasteiger partial charge is 0.329 e. The van der Waals surface area contributed by atoms with Gasteiger partial charge in [0, 0.05) is 6.04 Å². The van der Waals surface area contributed by atoms with E-state index in [4.69, 9.17) is 15.6 Å². The van der Waals surface area contributed by atoms with Crippen LogP contribution in [0.25, 0.3) is 0 Å². The highest BCUT2D eigenvalue weighted by Crippen LogP contribution is 2.25. The number of hydrogen-bond donors (Lipinski definition) is 2. The van der Waals surface area contributed by atoms with Crippen LogP contribution in [0.2, 0.25) is 0 Å². The molecule has 0 saturated heterocycles. The average molecular weight is 329 g/mol. The zero-order valence-electron chi connectivity index (χ0n) is 14.4. The SMILES string of the molecule is CCC(N)CC.O=C(O)COC(c1ccccc1)c1ccccc1. The fourth-order valence-corrected chi connectivity index (χ4v) is 2.08. The highest BCUT2D eigenvalue weighted by Gasteiger charge is 2.15. The van der Waals surface area contributed by atoms with Crippen LogP contribution >= 0.6 is 0 Å². The van der Waals surface area contributed by atoms with Crippen molar-refractivity contribution in [2.45, 2.75) is 38.8 Å². The van der Waals surface area contributed by atoms with Crippen molar-refractivity contribution < 1.29 is 14.6 Å². The van der Waals surface area contributed by atoms with Gasteiger partial charge in [-0.15, -0.1) is 0 Å². The van der Waals surface area contributed by atoms with E-state index in [-0.39, 0.29) is 12.7 Å². The molecule has 2 aromatic carbocycles. The summed E-state index contributed by atoms with van der Waals surface area (Å²) < 4.78 is 5.48. The molecule has 0 aliphatic carbocycles. The van der Waals surface area contributed by atoms with E-state index in [9.17, 15) is 4.79 Å². The van der Waals surface area contributed by atoms with Gasteiger partial charge in [-0.2, -0.15) is 0 Å². The molecule has 0 radical (unpaired) electrons. The fraction of sp³-hybridized carbons (Fsp3) is 0.350. The number of aliphatic carboxylic acids is 1. The van der Waals surface area contributed by atoms with Crippen LogP contribution in [0.4, 0.5) is 0 Å². The molecule has 4 nitrogen and oxygen atoms in total. The van der Waals surface area contributed by atoms with Crippen molar-refractivity contribution in [2.24, 2.45) is 5.73 Å². The number of carboxylic acids is 1. The Bertz CT molecular complexity index is 528. The largest absolute Gasteiger partial charge is 0.480 e. The molecule has 0 saturated carbocycles. The standard InChI is InChI=1S/C15H14O3.C5H13N/c16-14(17)11-18-15(12-7-3-1-4-8-12)13-9-5-2-6-10-13;1-3-5(6)4-2/h1-10,15H,11H2,(H,16,17);5H,3-4,6H2,1-2H3. The second kappa shape index (κ2) is 11.4. The second-order valence-electron chi connectivity index (χ2n) is 5.48. The number of hydrogen-bond acceptors (Lipinski definition) is 3. The predicted octanol–water partition coefficient (Wildman–Crippen LogP) is 4.01. The van der Waals surface area contributed by atoms with Crippen molar-refractivity contribution in [2.75, 3.05) is 6.61 Å². The monoisotopic (exact) mass is 329 g/mol. The Morgan fingerprint density at radius 3 is 1.67 bits per heavy atom. The molecule has 3 N–H and O–H groups in total. The molecule has 2 rings (SSSR count). The Morgan fingerprint density at radius 1 is 0.958 bits per heavy atom. The summed E-state index contributed by atoms with van der Waals surface area (Å²) in [6.07, 6.45) is 1.87. The zero-order valence-corrected chi connectivity index (χ0v) is 14.4. The highest BCUT2D eigenvalue weighted by atomic mass is 16.5. The van der Waals surface area contributed by atoms with Crippen molar-refractivity contribution in [3.8, 4) is 0 Å². The van der Waals surface area contributed by atoms with Gasteiger partial charge in [-0.05, 0) is 24.0 Å². The lowest BCUT2D eigenvalue weighted by Crippen LogP contribution is -2.16. The van der Waals surface area contributed by atoms with Gasteiger partial charge in [-0.3, -0.25) is 0 Å². The van der Waals surface area contributed by atoms with Gasteiger partial charge >= 0.3 is 5.97 Å². The second-order valence-corrected chi connectivity index (χ2v) is 5.48. The Balaban J connectivity index is 0.000000413. The predicted molar refractivity (Wildman–Crippen MR) is 96.9 cm³/mol. The van der Waals surface area contributed by atoms with Crippen LogP contribution < -0.4 is 5.73 Å². The van der Waals surface area contributed by atoms with Crippen molar-refractivity contribution in [1.82, 2.24) is 0 Å². The summed E-state index contributed by atoms with van der Waals surface area (Å²) in [4.78, 5) is 10.6. The summed E-state index contributed by atoms with van der Waals surface area (Å²) in [6, 6.07) is 19.6. The molecular weight excluding hydrogens is 302 g/mol. The van der Waals surface area contributed by atoms with Crippen molar-refractivity contribution in [3.63, 3.8) is 0 Å². The first-order chi connectivity index (χ1) is 11.6. The lowest BCUT2D eigenvalue weighted by Gasteiger charge is -2.17. The van der Waals surface area contributed by atoms with Gasteiger partial charge in [-0.25, -0.2) is 4.79 Å². The van der Waals surface area contributed by atoms with E-state index in [1.54, 1.807) is 0 Å². The molecule has 0 atom stereocenters. The third-order valence-corrected chi connectivity index (χ3v) is 3.63. The quantitative estimate of drug-likeness (QED) is 0.805. The third-order valence-electron chi connectivity index (χ3n) is 3.63. The molecular formula is C20H27NO3. The molecule has 0 spiro atoms. The van der Waals surface area contributed by atoms with Crippen molar-refractivity contribution in [3.05, 3.63) is 71.8 Å². The number of rotatable bonds is 7. The van der Waals surface area contributed by atoms with Crippen LogP contribution in [0.15, 0.2) is 60.7 Å². The molecule has 0 unspecified atom stereocenters. The lowest BCUT2D eigenvalue weighted by atomic mass is 10.0. The molecule has 24 heavy (non-hydrogen) atoms. The molecule has 0 aliphatic heterocycles. The van der Waals surface area contributed by atoms with Gasteiger partial charge in [0.15, 0.2) is 0 Å². The molecule has 4 heteroatoms. The topological polar surface area (TPSA) is 72.6 Å². The fourth-order valence-electron chi connectivity index (χ4n) is 2.08. The first kappa shape index (κ1) is 19.9. The van der Waals surface area contributed by atoms with Crippen molar-refractivity contribution >= 4 is 5.97 Å². The lowest BCUT2D eigenvalue weighted by molar-refractivity contribution is -0.143. The minimum atomic E-state index is -0.966. The van der Waals surface area contributed by atoms with Crippen LogP contribution in [0.5, 0.6) is 0 Å². The van der Waals surface area contributed by atoms with Crippen LogP contribution in [-0.2, 0) is 9.53 Å². The van der Waals surface area contributed by atoms with E-state index in [0.29, 0.717) is 6.04 Å². The maximum absolute atomic E-state index is 10.6. The minimum Gasteiger partial charge on any atom is -0.480 e. The Labute approximate surface area is 144 Å². The summed E-state index contributed by atoms with van der Waals surface area (Å²) in [5.74, 6) is -0.966. The van der Waals surface area contributed by atoms with Crippen LogP contribution in [0.3, 0.4) is 0 Å². The molecule has 130 valence electrons. The Morgan fingerprint density at radius 2 is 1.38 bits per heavy atom. The molecule has 0 fully saturated rings.